The summed E-state index contributed by atoms with van der Waals surface area (Å²) in [5.41, 5.74) is 2.68. The molecule has 6 heteroatoms. The fourth-order valence-corrected chi connectivity index (χ4v) is 3.39. The van der Waals surface area contributed by atoms with E-state index in [-0.39, 0.29) is 17.5 Å². The van der Waals surface area contributed by atoms with E-state index in [0.717, 1.165) is 12.8 Å². The van der Waals surface area contributed by atoms with Crippen molar-refractivity contribution < 1.29 is 9.32 Å². The molecule has 0 saturated carbocycles. The number of hydrogen-bond donors (Lipinski definition) is 1. The molecule has 1 aliphatic carbocycles. The van der Waals surface area contributed by atoms with Gasteiger partial charge in [0, 0.05) is 13.5 Å². The Balaban J connectivity index is 1.68. The highest BCUT2D eigenvalue weighted by Gasteiger charge is 2.33. The first-order valence-electron chi connectivity index (χ1n) is 8.83. The number of urea groups is 1. The normalized spacial score (nSPS) is 18.5. The molecule has 6 nitrogen and oxygen atoms in total. The summed E-state index contributed by atoms with van der Waals surface area (Å²) >= 11 is 0. The third kappa shape index (κ3) is 3.67. The monoisotopic (exact) mass is 342 g/mol. The standard InChI is InChI=1S/C19H26N4O2/c1-5-16-21-17(25-22-16)12-23(4)18(24)20-15-10-11-19(2,3)14-9-7-6-8-13(14)15/h6-9,15H,5,10-12H2,1-4H3,(H,20,24)/t15-/m0/s1. The van der Waals surface area contributed by atoms with Crippen molar-refractivity contribution >= 4 is 6.03 Å². The maximum absolute atomic E-state index is 12.6. The lowest BCUT2D eigenvalue weighted by Crippen LogP contribution is -2.41. The van der Waals surface area contributed by atoms with Crippen molar-refractivity contribution in [3.63, 3.8) is 0 Å². The molecule has 0 radical (unpaired) electrons. The molecule has 2 aromatic rings. The van der Waals surface area contributed by atoms with Gasteiger partial charge in [0.1, 0.15) is 6.54 Å². The van der Waals surface area contributed by atoms with Crippen LogP contribution in [0.15, 0.2) is 28.8 Å². The summed E-state index contributed by atoms with van der Waals surface area (Å²) in [4.78, 5) is 18.4. The van der Waals surface area contributed by atoms with E-state index in [0.29, 0.717) is 24.7 Å². The second kappa shape index (κ2) is 6.86. The van der Waals surface area contributed by atoms with Crippen LogP contribution in [0.4, 0.5) is 4.79 Å². The summed E-state index contributed by atoms with van der Waals surface area (Å²) in [6.45, 7) is 6.79. The quantitative estimate of drug-likeness (QED) is 0.922. The third-order valence-corrected chi connectivity index (χ3v) is 4.97. The molecule has 1 N–H and O–H groups in total. The highest BCUT2D eigenvalue weighted by atomic mass is 16.5. The van der Waals surface area contributed by atoms with Gasteiger partial charge < -0.3 is 14.7 Å². The van der Waals surface area contributed by atoms with E-state index in [4.69, 9.17) is 4.52 Å². The van der Waals surface area contributed by atoms with Gasteiger partial charge in [-0.15, -0.1) is 0 Å². The number of benzene rings is 1. The number of fused-ring (bicyclic) bond motifs is 1. The van der Waals surface area contributed by atoms with E-state index in [9.17, 15) is 4.79 Å². The molecule has 1 aromatic carbocycles. The maximum atomic E-state index is 12.6. The lowest BCUT2D eigenvalue weighted by molar-refractivity contribution is 0.192. The molecule has 0 bridgehead atoms. The zero-order valence-corrected chi connectivity index (χ0v) is 15.4. The molecular weight excluding hydrogens is 316 g/mol. The molecule has 1 aliphatic rings. The first-order valence-corrected chi connectivity index (χ1v) is 8.83. The highest BCUT2D eigenvalue weighted by molar-refractivity contribution is 5.74. The Kier molecular flexibility index (Phi) is 4.79. The zero-order valence-electron chi connectivity index (χ0n) is 15.4. The van der Waals surface area contributed by atoms with E-state index in [1.807, 2.05) is 13.0 Å². The molecule has 1 heterocycles. The predicted octanol–water partition coefficient (Wildman–Crippen LogP) is 3.59. The zero-order chi connectivity index (χ0) is 18.0. The fourth-order valence-electron chi connectivity index (χ4n) is 3.39. The van der Waals surface area contributed by atoms with Crippen LogP contribution in [0, 0.1) is 0 Å². The van der Waals surface area contributed by atoms with Gasteiger partial charge in [0.25, 0.3) is 0 Å². The Hall–Kier alpha value is -2.37. The number of aryl methyl sites for hydroxylation is 1. The molecule has 1 atom stereocenters. The summed E-state index contributed by atoms with van der Waals surface area (Å²) in [7, 11) is 1.74. The van der Waals surface area contributed by atoms with Crippen molar-refractivity contribution in [2.45, 2.75) is 58.0 Å². The smallest absolute Gasteiger partial charge is 0.318 e. The van der Waals surface area contributed by atoms with Crippen LogP contribution in [-0.2, 0) is 18.4 Å². The van der Waals surface area contributed by atoms with Crippen LogP contribution in [-0.4, -0.2) is 28.1 Å². The lowest BCUT2D eigenvalue weighted by Gasteiger charge is -2.37. The number of nitrogens with zero attached hydrogens (tertiary/aromatic N) is 3. The van der Waals surface area contributed by atoms with Crippen LogP contribution in [0.25, 0.3) is 0 Å². The minimum atomic E-state index is -0.129. The number of amides is 2. The van der Waals surface area contributed by atoms with Crippen LogP contribution in [0.5, 0.6) is 0 Å². The van der Waals surface area contributed by atoms with Crippen LogP contribution >= 0.6 is 0 Å². The number of rotatable bonds is 4. The third-order valence-electron chi connectivity index (χ3n) is 4.97. The number of nitrogens with one attached hydrogen (secondary N) is 1. The maximum Gasteiger partial charge on any atom is 0.318 e. The van der Waals surface area contributed by atoms with Crippen LogP contribution in [0.2, 0.25) is 0 Å². The number of aromatic nitrogens is 2. The van der Waals surface area contributed by atoms with Gasteiger partial charge in [0.05, 0.1) is 6.04 Å². The van der Waals surface area contributed by atoms with Crippen LogP contribution in [0.3, 0.4) is 0 Å². The Morgan fingerprint density at radius 2 is 2.16 bits per heavy atom. The Morgan fingerprint density at radius 1 is 1.40 bits per heavy atom. The number of hydrogen-bond acceptors (Lipinski definition) is 4. The summed E-state index contributed by atoms with van der Waals surface area (Å²) < 4.78 is 5.17. The highest BCUT2D eigenvalue weighted by Crippen LogP contribution is 2.41. The fraction of sp³-hybridized carbons (Fsp3) is 0.526. The van der Waals surface area contributed by atoms with Crippen LogP contribution < -0.4 is 5.32 Å². The van der Waals surface area contributed by atoms with Gasteiger partial charge in [-0.3, -0.25) is 0 Å². The van der Waals surface area contributed by atoms with E-state index in [1.165, 1.54) is 11.1 Å². The molecular formula is C19H26N4O2. The van der Waals surface area contributed by atoms with Crippen molar-refractivity contribution in [2.24, 2.45) is 0 Å². The van der Waals surface area contributed by atoms with Crippen molar-refractivity contribution in [3.8, 4) is 0 Å². The number of carbonyl (C=O) groups is 1. The molecule has 0 unspecified atom stereocenters. The van der Waals surface area contributed by atoms with E-state index < -0.39 is 0 Å². The van der Waals surface area contributed by atoms with Gasteiger partial charge in [0.15, 0.2) is 5.82 Å². The largest absolute Gasteiger partial charge is 0.337 e. The van der Waals surface area contributed by atoms with Gasteiger partial charge >= 0.3 is 6.03 Å². The number of carbonyl (C=O) groups excluding carboxylic acids is 1. The second-order valence-corrected chi connectivity index (χ2v) is 7.33. The van der Waals surface area contributed by atoms with Crippen molar-refractivity contribution in [2.75, 3.05) is 7.05 Å². The average molecular weight is 342 g/mol. The molecule has 0 fully saturated rings. The topological polar surface area (TPSA) is 71.3 Å². The van der Waals surface area contributed by atoms with Gasteiger partial charge in [-0.05, 0) is 29.4 Å². The van der Waals surface area contributed by atoms with Gasteiger partial charge in [-0.1, -0.05) is 50.2 Å². The summed E-state index contributed by atoms with van der Waals surface area (Å²) in [5, 5.41) is 7.01. The minimum Gasteiger partial charge on any atom is -0.337 e. The van der Waals surface area contributed by atoms with Crippen molar-refractivity contribution in [3.05, 3.63) is 47.1 Å². The molecule has 0 aliphatic heterocycles. The van der Waals surface area contributed by atoms with E-state index in [2.05, 4.69) is 47.5 Å². The molecule has 1 aromatic heterocycles. The Morgan fingerprint density at radius 3 is 2.88 bits per heavy atom. The molecule has 0 saturated heterocycles. The molecule has 3 rings (SSSR count). The molecule has 0 spiro atoms. The van der Waals surface area contributed by atoms with Gasteiger partial charge in [-0.2, -0.15) is 4.98 Å². The average Bonchev–Trinajstić information content (AvgIpc) is 3.05. The Bertz CT molecular complexity index is 753. The lowest BCUT2D eigenvalue weighted by atomic mass is 9.71. The summed E-state index contributed by atoms with van der Waals surface area (Å²) in [6.07, 6.45) is 2.69. The summed E-state index contributed by atoms with van der Waals surface area (Å²) in [5.74, 6) is 1.12. The SMILES string of the molecule is CCc1noc(CN(C)C(=O)N[C@H]2CCC(C)(C)c3ccccc32)n1. The van der Waals surface area contributed by atoms with Gasteiger partial charge in [-0.25, -0.2) is 4.79 Å². The summed E-state index contributed by atoms with van der Waals surface area (Å²) in [6, 6.07) is 8.30. The van der Waals surface area contributed by atoms with Crippen molar-refractivity contribution in [1.29, 1.82) is 0 Å². The molecule has 134 valence electrons. The van der Waals surface area contributed by atoms with E-state index in [1.54, 1.807) is 11.9 Å². The molecule has 25 heavy (non-hydrogen) atoms. The van der Waals surface area contributed by atoms with Crippen LogP contribution in [0.1, 0.15) is 62.5 Å². The Labute approximate surface area is 148 Å². The first kappa shape index (κ1) is 17.5. The molecule has 2 amide bonds. The van der Waals surface area contributed by atoms with Crippen molar-refractivity contribution in [1.82, 2.24) is 20.4 Å². The first-order chi connectivity index (χ1) is 11.9. The van der Waals surface area contributed by atoms with E-state index >= 15 is 0 Å². The van der Waals surface area contributed by atoms with Gasteiger partial charge in [0.2, 0.25) is 5.89 Å². The minimum absolute atomic E-state index is 0.0352. The second-order valence-electron chi connectivity index (χ2n) is 7.33. The predicted molar refractivity (Wildman–Crippen MR) is 95.1 cm³/mol.